The molecule has 7 nitrogen and oxygen atoms in total. The summed E-state index contributed by atoms with van der Waals surface area (Å²) in [6.07, 6.45) is 0. The number of amides is 1. The van der Waals surface area contributed by atoms with E-state index < -0.39 is 35.3 Å². The predicted octanol–water partition coefficient (Wildman–Crippen LogP) is 5.07. The Morgan fingerprint density at radius 2 is 1.91 bits per heavy atom. The van der Waals surface area contributed by atoms with Crippen molar-refractivity contribution in [3.05, 3.63) is 93.1 Å². The lowest BCUT2D eigenvalue weighted by molar-refractivity contribution is -0.117. The molecule has 0 aliphatic carbocycles. The second kappa shape index (κ2) is 8.47. The number of carbonyl (C=O) groups is 3. The molecule has 0 bridgehead atoms. The van der Waals surface area contributed by atoms with Gasteiger partial charge in [-0.15, -0.1) is 11.3 Å². The van der Waals surface area contributed by atoms with Gasteiger partial charge in [-0.2, -0.15) is 0 Å². The Kier molecular flexibility index (Phi) is 5.46. The molecule has 10 heteroatoms. The number of nitrogens with zero attached hydrogens (tertiary/aromatic N) is 2. The number of benzene rings is 2. The van der Waals surface area contributed by atoms with Crippen molar-refractivity contribution in [1.29, 1.82) is 0 Å². The van der Waals surface area contributed by atoms with E-state index in [1.54, 1.807) is 29.6 Å². The van der Waals surface area contributed by atoms with Crippen LogP contribution in [0.15, 0.2) is 71.3 Å². The van der Waals surface area contributed by atoms with Crippen molar-refractivity contribution in [2.45, 2.75) is 6.04 Å². The maximum atomic E-state index is 13.7. The number of esters is 1. The summed E-state index contributed by atoms with van der Waals surface area (Å²) in [6.45, 7) is 0. The Balaban J connectivity index is 1.66. The topological polar surface area (TPSA) is 96.8 Å². The number of aliphatic hydroxyl groups excluding tert-OH is 1. The molecule has 2 aromatic carbocycles. The van der Waals surface area contributed by atoms with Crippen LogP contribution in [0.25, 0.3) is 10.2 Å². The van der Waals surface area contributed by atoms with Crippen LogP contribution in [-0.4, -0.2) is 34.9 Å². The van der Waals surface area contributed by atoms with Crippen LogP contribution in [0.2, 0.25) is 0 Å². The monoisotopic (exact) mass is 494 g/mol. The fraction of sp³-hybridized carbons (Fsp3) is 0.0833. The van der Waals surface area contributed by atoms with Gasteiger partial charge >= 0.3 is 5.97 Å². The SMILES string of the molecule is COC(=O)c1ccc([C@H]2C(C(=O)c3cccs3)=C(O)C(=O)N2c2nc3ccc(F)cc3s2)cc1. The minimum absolute atomic E-state index is 0.0938. The molecule has 2 aromatic heterocycles. The second-order valence-electron chi connectivity index (χ2n) is 7.37. The van der Waals surface area contributed by atoms with Crippen LogP contribution in [-0.2, 0) is 9.53 Å². The third-order valence-electron chi connectivity index (χ3n) is 5.39. The number of hydrogen-bond donors (Lipinski definition) is 1. The standard InChI is InChI=1S/C24H15FN2O5S2/c1-32-23(31)13-6-4-12(5-7-13)19-18(20(28)16-3-2-10-33-16)21(29)22(30)27(19)24-26-15-9-8-14(25)11-17(15)34-24/h2-11,19,29H,1H3/t19-/m0/s1. The Morgan fingerprint density at radius 1 is 1.15 bits per heavy atom. The Hall–Kier alpha value is -3.89. The lowest BCUT2D eigenvalue weighted by Crippen LogP contribution is -2.31. The summed E-state index contributed by atoms with van der Waals surface area (Å²) in [5.74, 6) is -2.93. The highest BCUT2D eigenvalue weighted by atomic mass is 32.1. The van der Waals surface area contributed by atoms with Crippen LogP contribution < -0.4 is 4.90 Å². The highest BCUT2D eigenvalue weighted by Crippen LogP contribution is 2.44. The van der Waals surface area contributed by atoms with Gasteiger partial charge in [-0.3, -0.25) is 14.5 Å². The molecule has 0 radical (unpaired) electrons. The van der Waals surface area contributed by atoms with Gasteiger partial charge in [0.2, 0.25) is 5.78 Å². The Morgan fingerprint density at radius 3 is 2.59 bits per heavy atom. The van der Waals surface area contributed by atoms with E-state index in [2.05, 4.69) is 4.98 Å². The van der Waals surface area contributed by atoms with Gasteiger partial charge in [-0.1, -0.05) is 29.5 Å². The zero-order valence-electron chi connectivity index (χ0n) is 17.5. The normalized spacial score (nSPS) is 15.9. The molecule has 0 spiro atoms. The smallest absolute Gasteiger partial charge is 0.337 e. The van der Waals surface area contributed by atoms with Gasteiger partial charge < -0.3 is 9.84 Å². The first-order valence-electron chi connectivity index (χ1n) is 9.98. The lowest BCUT2D eigenvalue weighted by atomic mass is 9.95. The maximum Gasteiger partial charge on any atom is 0.337 e. The first-order chi connectivity index (χ1) is 16.4. The number of hydrogen-bond acceptors (Lipinski definition) is 8. The molecular weight excluding hydrogens is 479 g/mol. The highest BCUT2D eigenvalue weighted by molar-refractivity contribution is 7.22. The van der Waals surface area contributed by atoms with Crippen molar-refractivity contribution in [2.75, 3.05) is 12.0 Å². The fourth-order valence-electron chi connectivity index (χ4n) is 3.80. The molecule has 1 aliphatic rings. The van der Waals surface area contributed by atoms with Crippen molar-refractivity contribution in [1.82, 2.24) is 4.98 Å². The summed E-state index contributed by atoms with van der Waals surface area (Å²) in [6, 6.07) is 12.6. The first-order valence-corrected chi connectivity index (χ1v) is 11.7. The largest absolute Gasteiger partial charge is 0.503 e. The number of anilines is 1. The van der Waals surface area contributed by atoms with E-state index in [9.17, 15) is 23.9 Å². The number of aromatic nitrogens is 1. The number of Topliss-reactive ketones (excluding diaryl/α,β-unsaturated/α-hetero) is 1. The number of fused-ring (bicyclic) bond motifs is 1. The molecule has 1 N–H and O–H groups in total. The third kappa shape index (κ3) is 3.57. The summed E-state index contributed by atoms with van der Waals surface area (Å²) < 4.78 is 19.0. The Bertz CT molecular complexity index is 1480. The maximum absolute atomic E-state index is 13.7. The molecule has 170 valence electrons. The first kappa shape index (κ1) is 21.9. The number of ether oxygens (including phenoxy) is 1. The van der Waals surface area contributed by atoms with E-state index in [1.807, 2.05) is 0 Å². The van der Waals surface area contributed by atoms with Gasteiger partial charge in [0.15, 0.2) is 10.9 Å². The van der Waals surface area contributed by atoms with Crippen molar-refractivity contribution in [3.8, 4) is 0 Å². The molecular formula is C24H15FN2O5S2. The number of methoxy groups -OCH3 is 1. The Labute approximate surface area is 200 Å². The second-order valence-corrected chi connectivity index (χ2v) is 9.33. The average molecular weight is 495 g/mol. The van der Waals surface area contributed by atoms with Crippen LogP contribution in [0.3, 0.4) is 0 Å². The van der Waals surface area contributed by atoms with Gasteiger partial charge in [-0.25, -0.2) is 14.2 Å². The molecule has 0 saturated heterocycles. The van der Waals surface area contributed by atoms with Gasteiger partial charge in [0.1, 0.15) is 5.82 Å². The number of ketones is 1. The summed E-state index contributed by atoms with van der Waals surface area (Å²) in [4.78, 5) is 44.5. The minimum atomic E-state index is -1.00. The molecule has 1 atom stereocenters. The van der Waals surface area contributed by atoms with Gasteiger partial charge in [0.05, 0.1) is 39.4 Å². The van der Waals surface area contributed by atoms with E-state index in [0.29, 0.717) is 20.7 Å². The number of thiazole rings is 1. The number of thiophene rings is 1. The molecule has 34 heavy (non-hydrogen) atoms. The third-order valence-corrected chi connectivity index (χ3v) is 7.28. The zero-order chi connectivity index (χ0) is 24.0. The van der Waals surface area contributed by atoms with E-state index in [0.717, 1.165) is 11.3 Å². The van der Waals surface area contributed by atoms with Crippen molar-refractivity contribution >= 4 is 55.7 Å². The molecule has 5 rings (SSSR count). The summed E-state index contributed by atoms with van der Waals surface area (Å²) in [5, 5.41) is 12.7. The number of halogens is 1. The number of carbonyl (C=O) groups excluding carboxylic acids is 3. The van der Waals surface area contributed by atoms with Crippen LogP contribution in [0.1, 0.15) is 31.6 Å². The van der Waals surface area contributed by atoms with Crippen LogP contribution in [0, 0.1) is 5.82 Å². The highest BCUT2D eigenvalue weighted by Gasteiger charge is 2.46. The zero-order valence-corrected chi connectivity index (χ0v) is 19.2. The molecule has 1 aliphatic heterocycles. The van der Waals surface area contributed by atoms with E-state index in [1.165, 1.54) is 53.7 Å². The predicted molar refractivity (Wildman–Crippen MR) is 126 cm³/mol. The van der Waals surface area contributed by atoms with Crippen molar-refractivity contribution in [2.24, 2.45) is 0 Å². The van der Waals surface area contributed by atoms with Gasteiger partial charge in [0, 0.05) is 0 Å². The minimum Gasteiger partial charge on any atom is -0.503 e. The summed E-state index contributed by atoms with van der Waals surface area (Å²) in [5.41, 5.74) is 1.16. The van der Waals surface area contributed by atoms with Gasteiger partial charge in [0.25, 0.3) is 5.91 Å². The van der Waals surface area contributed by atoms with E-state index in [4.69, 9.17) is 4.74 Å². The fourth-order valence-corrected chi connectivity index (χ4v) is 5.49. The quantitative estimate of drug-likeness (QED) is 0.308. The van der Waals surface area contributed by atoms with Crippen LogP contribution in [0.5, 0.6) is 0 Å². The summed E-state index contributed by atoms with van der Waals surface area (Å²) >= 11 is 2.26. The van der Waals surface area contributed by atoms with Crippen LogP contribution in [0.4, 0.5) is 9.52 Å². The molecule has 0 fully saturated rings. The lowest BCUT2D eigenvalue weighted by Gasteiger charge is -2.24. The molecule has 1 amide bonds. The van der Waals surface area contributed by atoms with Crippen molar-refractivity contribution in [3.63, 3.8) is 0 Å². The van der Waals surface area contributed by atoms with E-state index >= 15 is 0 Å². The van der Waals surface area contributed by atoms with E-state index in [-0.39, 0.29) is 16.3 Å². The molecule has 3 heterocycles. The molecule has 0 saturated carbocycles. The number of aliphatic hydroxyl groups is 1. The molecule has 4 aromatic rings. The van der Waals surface area contributed by atoms with Crippen molar-refractivity contribution < 1.29 is 28.6 Å². The number of rotatable bonds is 5. The van der Waals surface area contributed by atoms with Gasteiger partial charge in [-0.05, 0) is 47.3 Å². The average Bonchev–Trinajstić information content (AvgIpc) is 3.57. The van der Waals surface area contributed by atoms with Crippen LogP contribution >= 0.6 is 22.7 Å². The molecule has 0 unspecified atom stereocenters. The summed E-state index contributed by atoms with van der Waals surface area (Å²) in [7, 11) is 1.27.